The van der Waals surface area contributed by atoms with E-state index in [9.17, 15) is 4.39 Å². The fourth-order valence-corrected chi connectivity index (χ4v) is 1.75. The van der Waals surface area contributed by atoms with E-state index in [4.69, 9.17) is 0 Å². The average molecular weight is 229 g/mol. The van der Waals surface area contributed by atoms with Gasteiger partial charge in [0, 0.05) is 41.9 Å². The van der Waals surface area contributed by atoms with Gasteiger partial charge in [0.1, 0.15) is 0 Å². The Balaban J connectivity index is 2.22. The SMILES string of the molecule is FC[C@H]1CCN(I)C1. The van der Waals surface area contributed by atoms with Gasteiger partial charge in [-0.25, -0.2) is 3.11 Å². The van der Waals surface area contributed by atoms with Crippen LogP contribution in [0.5, 0.6) is 0 Å². The number of rotatable bonds is 1. The molecule has 0 unspecified atom stereocenters. The summed E-state index contributed by atoms with van der Waals surface area (Å²) in [6.45, 7) is 1.87. The van der Waals surface area contributed by atoms with Crippen molar-refractivity contribution in [2.75, 3.05) is 19.8 Å². The van der Waals surface area contributed by atoms with Crippen molar-refractivity contribution in [1.82, 2.24) is 3.11 Å². The average Bonchev–Trinajstić information content (AvgIpc) is 2.14. The molecule has 0 bridgehead atoms. The Labute approximate surface area is 62.7 Å². The molecule has 1 rings (SSSR count). The van der Waals surface area contributed by atoms with Gasteiger partial charge in [-0.2, -0.15) is 0 Å². The predicted octanol–water partition coefficient (Wildman–Crippen LogP) is 1.63. The predicted molar refractivity (Wildman–Crippen MR) is 39.7 cm³/mol. The van der Waals surface area contributed by atoms with Crippen LogP contribution in [0.4, 0.5) is 4.39 Å². The molecule has 1 aliphatic heterocycles. The quantitative estimate of drug-likeness (QED) is 0.488. The molecule has 1 heterocycles. The first kappa shape index (κ1) is 6.74. The second-order valence-electron chi connectivity index (χ2n) is 2.18. The second kappa shape index (κ2) is 2.96. The number of alkyl halides is 1. The van der Waals surface area contributed by atoms with E-state index in [1.165, 1.54) is 0 Å². The third-order valence-corrected chi connectivity index (χ3v) is 2.33. The van der Waals surface area contributed by atoms with Crippen LogP contribution in [0, 0.1) is 5.92 Å². The second-order valence-corrected chi connectivity index (χ2v) is 3.54. The van der Waals surface area contributed by atoms with Crippen LogP contribution in [0.15, 0.2) is 0 Å². The maximum atomic E-state index is 11.8. The topological polar surface area (TPSA) is 3.24 Å². The molecule has 3 heteroatoms. The molecule has 1 saturated heterocycles. The van der Waals surface area contributed by atoms with Gasteiger partial charge < -0.3 is 0 Å². The number of halogens is 2. The minimum Gasteiger partial charge on any atom is -0.251 e. The highest BCUT2D eigenvalue weighted by Gasteiger charge is 2.19. The molecule has 8 heavy (non-hydrogen) atoms. The molecule has 1 atom stereocenters. The van der Waals surface area contributed by atoms with Gasteiger partial charge in [-0.15, -0.1) is 0 Å². The molecule has 0 amide bonds. The number of nitrogens with zero attached hydrogens (tertiary/aromatic N) is 1. The Kier molecular flexibility index (Phi) is 2.49. The summed E-state index contributed by atoms with van der Waals surface area (Å²) in [6.07, 6.45) is 1.04. The Hall–Kier alpha value is 0.620. The minimum absolute atomic E-state index is 0.139. The summed E-state index contributed by atoms with van der Waals surface area (Å²) in [4.78, 5) is 0. The standard InChI is InChI=1S/C5H9FIN/c6-3-5-1-2-8(7)4-5/h5H,1-4H2/t5-/m1/s1. The maximum Gasteiger partial charge on any atom is 0.0935 e. The molecule has 0 aromatic rings. The molecule has 0 radical (unpaired) electrons. The monoisotopic (exact) mass is 229 g/mol. The molecule has 0 N–H and O–H groups in total. The summed E-state index contributed by atoms with van der Waals surface area (Å²) in [7, 11) is 0. The zero-order valence-electron chi connectivity index (χ0n) is 4.61. The number of hydrogen-bond donors (Lipinski definition) is 0. The van der Waals surface area contributed by atoms with Gasteiger partial charge in [-0.05, 0) is 6.42 Å². The Morgan fingerprint density at radius 1 is 1.75 bits per heavy atom. The summed E-state index contributed by atoms with van der Waals surface area (Å²) >= 11 is 2.24. The van der Waals surface area contributed by atoms with E-state index in [1.807, 2.05) is 0 Å². The number of hydrogen-bond acceptors (Lipinski definition) is 1. The molecule has 0 aromatic carbocycles. The van der Waals surface area contributed by atoms with Crippen LogP contribution in [-0.4, -0.2) is 22.9 Å². The summed E-state index contributed by atoms with van der Waals surface area (Å²) in [6, 6.07) is 0. The van der Waals surface area contributed by atoms with Crippen molar-refractivity contribution in [2.24, 2.45) is 5.92 Å². The van der Waals surface area contributed by atoms with Crippen molar-refractivity contribution in [1.29, 1.82) is 0 Å². The smallest absolute Gasteiger partial charge is 0.0935 e. The zero-order valence-corrected chi connectivity index (χ0v) is 6.77. The first-order valence-corrected chi connectivity index (χ1v) is 3.76. The van der Waals surface area contributed by atoms with Gasteiger partial charge in [-0.1, -0.05) is 0 Å². The van der Waals surface area contributed by atoms with Crippen molar-refractivity contribution >= 4 is 22.9 Å². The van der Waals surface area contributed by atoms with E-state index in [2.05, 4.69) is 26.0 Å². The lowest BCUT2D eigenvalue weighted by atomic mass is 10.1. The van der Waals surface area contributed by atoms with Gasteiger partial charge in [0.2, 0.25) is 0 Å². The summed E-state index contributed by atoms with van der Waals surface area (Å²) in [5.74, 6) is 0.326. The third kappa shape index (κ3) is 1.55. The lowest BCUT2D eigenvalue weighted by Gasteiger charge is -2.01. The van der Waals surface area contributed by atoms with Crippen molar-refractivity contribution in [2.45, 2.75) is 6.42 Å². The Bertz CT molecular complexity index is 78.8. The van der Waals surface area contributed by atoms with Crippen molar-refractivity contribution in [3.63, 3.8) is 0 Å². The summed E-state index contributed by atoms with van der Waals surface area (Å²) < 4.78 is 14.0. The van der Waals surface area contributed by atoms with Crippen molar-refractivity contribution in [3.05, 3.63) is 0 Å². The van der Waals surface area contributed by atoms with Crippen LogP contribution in [-0.2, 0) is 0 Å². The van der Waals surface area contributed by atoms with Crippen LogP contribution in [0.3, 0.4) is 0 Å². The molecule has 0 aliphatic carbocycles. The molecular formula is C5H9FIN. The van der Waals surface area contributed by atoms with E-state index in [0.29, 0.717) is 5.92 Å². The first-order valence-electron chi connectivity index (χ1n) is 2.79. The first-order chi connectivity index (χ1) is 3.83. The van der Waals surface area contributed by atoms with Crippen molar-refractivity contribution < 1.29 is 4.39 Å². The Morgan fingerprint density at radius 3 is 2.75 bits per heavy atom. The van der Waals surface area contributed by atoms with Gasteiger partial charge in [0.25, 0.3) is 0 Å². The highest BCUT2D eigenvalue weighted by Crippen LogP contribution is 2.18. The van der Waals surface area contributed by atoms with Crippen molar-refractivity contribution in [3.8, 4) is 0 Å². The molecule has 1 aliphatic rings. The van der Waals surface area contributed by atoms with Crippen LogP contribution in [0.2, 0.25) is 0 Å². The third-order valence-electron chi connectivity index (χ3n) is 1.45. The molecule has 1 nitrogen and oxygen atoms in total. The van der Waals surface area contributed by atoms with Gasteiger partial charge in [0.15, 0.2) is 0 Å². The Morgan fingerprint density at radius 2 is 2.50 bits per heavy atom. The van der Waals surface area contributed by atoms with Gasteiger partial charge in [-0.3, -0.25) is 4.39 Å². The largest absolute Gasteiger partial charge is 0.251 e. The van der Waals surface area contributed by atoms with Crippen LogP contribution in [0.25, 0.3) is 0 Å². The lowest BCUT2D eigenvalue weighted by molar-refractivity contribution is 0.375. The molecule has 0 saturated carbocycles. The molecule has 0 spiro atoms. The molecule has 0 aromatic heterocycles. The minimum atomic E-state index is -0.139. The fraction of sp³-hybridized carbons (Fsp3) is 1.00. The summed E-state index contributed by atoms with van der Waals surface area (Å²) in [5.41, 5.74) is 0. The highest BCUT2D eigenvalue weighted by molar-refractivity contribution is 14.1. The van der Waals surface area contributed by atoms with E-state index >= 15 is 0 Å². The van der Waals surface area contributed by atoms with E-state index in [-0.39, 0.29) is 6.67 Å². The van der Waals surface area contributed by atoms with E-state index in [1.54, 1.807) is 0 Å². The van der Waals surface area contributed by atoms with E-state index < -0.39 is 0 Å². The highest BCUT2D eigenvalue weighted by atomic mass is 127. The normalized spacial score (nSPS) is 31.5. The van der Waals surface area contributed by atoms with Gasteiger partial charge in [0.05, 0.1) is 6.67 Å². The molecular weight excluding hydrogens is 220 g/mol. The zero-order chi connectivity index (χ0) is 5.98. The van der Waals surface area contributed by atoms with Gasteiger partial charge >= 0.3 is 0 Å². The van der Waals surface area contributed by atoms with Crippen LogP contribution < -0.4 is 0 Å². The van der Waals surface area contributed by atoms with Crippen LogP contribution >= 0.6 is 22.9 Å². The van der Waals surface area contributed by atoms with E-state index in [0.717, 1.165) is 19.5 Å². The molecule has 48 valence electrons. The molecule has 1 fully saturated rings. The fourth-order valence-electron chi connectivity index (χ4n) is 0.911. The summed E-state index contributed by atoms with van der Waals surface area (Å²) in [5, 5.41) is 0. The maximum absolute atomic E-state index is 11.8. The van der Waals surface area contributed by atoms with Crippen LogP contribution in [0.1, 0.15) is 6.42 Å². The lowest BCUT2D eigenvalue weighted by Crippen LogP contribution is -2.07.